The Hall–Kier alpha value is -0.550. The first-order valence-corrected chi connectivity index (χ1v) is 6.35. The average Bonchev–Trinajstić information content (AvgIpc) is 2.64. The van der Waals surface area contributed by atoms with E-state index in [1.54, 1.807) is 11.8 Å². The summed E-state index contributed by atoms with van der Waals surface area (Å²) < 4.78 is 0. The number of aromatic amines is 1. The van der Waals surface area contributed by atoms with E-state index in [4.69, 9.17) is 0 Å². The number of aromatic nitrogens is 3. The average molecular weight is 228 g/mol. The number of aryl methyl sites for hydroxylation is 1. The van der Waals surface area contributed by atoms with Gasteiger partial charge in [0.25, 0.3) is 0 Å². The van der Waals surface area contributed by atoms with Crippen LogP contribution in [0.25, 0.3) is 0 Å². The number of nitrogens with one attached hydrogen (secondary N) is 2. The summed E-state index contributed by atoms with van der Waals surface area (Å²) in [6.07, 6.45) is 1.19. The molecule has 1 heterocycles. The maximum Gasteiger partial charge on any atom is 0.208 e. The molecule has 5 heteroatoms. The minimum absolute atomic E-state index is 0.527. The van der Waals surface area contributed by atoms with Crippen LogP contribution in [0.4, 0.5) is 0 Å². The van der Waals surface area contributed by atoms with Gasteiger partial charge in [0, 0.05) is 11.8 Å². The Kier molecular flexibility index (Phi) is 5.11. The number of nitrogens with zero attached hydrogens (tertiary/aromatic N) is 2. The van der Waals surface area contributed by atoms with E-state index in [1.807, 2.05) is 14.0 Å². The van der Waals surface area contributed by atoms with Gasteiger partial charge in [0.05, 0.1) is 0 Å². The lowest BCUT2D eigenvalue weighted by atomic mass is 10.0. The highest BCUT2D eigenvalue weighted by Crippen LogP contribution is 2.18. The molecule has 0 bridgehead atoms. The van der Waals surface area contributed by atoms with E-state index in [0.29, 0.717) is 12.0 Å². The molecule has 1 aromatic rings. The Balaban J connectivity index is 2.40. The number of thioether (sulfide) groups is 1. The summed E-state index contributed by atoms with van der Waals surface area (Å²) in [6, 6.07) is 0.527. The van der Waals surface area contributed by atoms with Crippen molar-refractivity contribution in [1.29, 1.82) is 0 Å². The van der Waals surface area contributed by atoms with E-state index in [9.17, 15) is 0 Å². The standard InChI is InChI=1S/C10H20N4S/c1-5-7(2)9(11-4)6-15-10-12-8(3)13-14-10/h7,9,11H,5-6H2,1-4H3,(H,12,13,14). The second kappa shape index (κ2) is 6.12. The van der Waals surface area contributed by atoms with Crippen molar-refractivity contribution in [3.05, 3.63) is 5.82 Å². The zero-order chi connectivity index (χ0) is 11.3. The van der Waals surface area contributed by atoms with Gasteiger partial charge < -0.3 is 5.32 Å². The molecule has 0 spiro atoms. The molecule has 0 amide bonds. The molecule has 2 atom stereocenters. The molecule has 0 fully saturated rings. The number of hydrogen-bond donors (Lipinski definition) is 2. The quantitative estimate of drug-likeness (QED) is 0.730. The summed E-state index contributed by atoms with van der Waals surface area (Å²) >= 11 is 1.70. The number of rotatable bonds is 6. The lowest BCUT2D eigenvalue weighted by Crippen LogP contribution is -2.34. The maximum absolute atomic E-state index is 4.27. The third-order valence-electron chi connectivity index (χ3n) is 2.67. The Morgan fingerprint density at radius 3 is 2.73 bits per heavy atom. The first-order valence-electron chi connectivity index (χ1n) is 5.36. The summed E-state index contributed by atoms with van der Waals surface area (Å²) in [7, 11) is 2.01. The van der Waals surface area contributed by atoms with Crippen molar-refractivity contribution in [2.75, 3.05) is 12.8 Å². The van der Waals surface area contributed by atoms with Gasteiger partial charge in [0.15, 0.2) is 0 Å². The van der Waals surface area contributed by atoms with Gasteiger partial charge >= 0.3 is 0 Å². The highest BCUT2D eigenvalue weighted by molar-refractivity contribution is 7.99. The van der Waals surface area contributed by atoms with Gasteiger partial charge in [0.1, 0.15) is 5.82 Å². The molecule has 0 aliphatic heterocycles. The van der Waals surface area contributed by atoms with Crippen LogP contribution >= 0.6 is 11.8 Å². The van der Waals surface area contributed by atoms with E-state index in [1.165, 1.54) is 6.42 Å². The second-order valence-corrected chi connectivity index (χ2v) is 4.78. The van der Waals surface area contributed by atoms with E-state index in [2.05, 4.69) is 34.3 Å². The molecule has 0 radical (unpaired) electrons. The Labute approximate surface area is 95.6 Å². The SMILES string of the molecule is CCC(C)C(CSc1n[nH]c(C)n1)NC. The third kappa shape index (κ3) is 3.83. The van der Waals surface area contributed by atoms with Crippen molar-refractivity contribution < 1.29 is 0 Å². The van der Waals surface area contributed by atoms with Crippen LogP contribution in [0, 0.1) is 12.8 Å². The molecule has 0 aliphatic rings. The van der Waals surface area contributed by atoms with Crippen LogP contribution in [-0.4, -0.2) is 34.0 Å². The molecule has 15 heavy (non-hydrogen) atoms. The van der Waals surface area contributed by atoms with E-state index in [0.717, 1.165) is 16.7 Å². The van der Waals surface area contributed by atoms with Crippen molar-refractivity contribution in [2.45, 2.75) is 38.4 Å². The van der Waals surface area contributed by atoms with Crippen LogP contribution in [0.2, 0.25) is 0 Å². The van der Waals surface area contributed by atoms with E-state index >= 15 is 0 Å². The first-order chi connectivity index (χ1) is 7.17. The minimum Gasteiger partial charge on any atom is -0.316 e. The molecule has 0 saturated carbocycles. The van der Waals surface area contributed by atoms with Gasteiger partial charge in [-0.25, -0.2) is 4.98 Å². The Morgan fingerprint density at radius 2 is 2.27 bits per heavy atom. The summed E-state index contributed by atoms with van der Waals surface area (Å²) in [6.45, 7) is 6.41. The third-order valence-corrected chi connectivity index (χ3v) is 3.64. The minimum atomic E-state index is 0.527. The van der Waals surface area contributed by atoms with Crippen LogP contribution in [0.5, 0.6) is 0 Å². The van der Waals surface area contributed by atoms with Crippen LogP contribution in [-0.2, 0) is 0 Å². The zero-order valence-electron chi connectivity index (χ0n) is 9.87. The molecule has 0 saturated heterocycles. The smallest absolute Gasteiger partial charge is 0.208 e. The summed E-state index contributed by atoms with van der Waals surface area (Å²) in [5.74, 6) is 2.58. The summed E-state index contributed by atoms with van der Waals surface area (Å²) in [4.78, 5) is 4.27. The second-order valence-electron chi connectivity index (χ2n) is 3.80. The van der Waals surface area contributed by atoms with Crippen molar-refractivity contribution in [2.24, 2.45) is 5.92 Å². The molecule has 1 aromatic heterocycles. The lowest BCUT2D eigenvalue weighted by molar-refractivity contribution is 0.420. The molecule has 86 valence electrons. The van der Waals surface area contributed by atoms with Crippen molar-refractivity contribution in [3.8, 4) is 0 Å². The topological polar surface area (TPSA) is 53.6 Å². The summed E-state index contributed by atoms with van der Waals surface area (Å²) in [5, 5.41) is 11.1. The van der Waals surface area contributed by atoms with E-state index < -0.39 is 0 Å². The molecule has 0 aromatic carbocycles. The zero-order valence-corrected chi connectivity index (χ0v) is 10.7. The molecular weight excluding hydrogens is 208 g/mol. The molecule has 4 nitrogen and oxygen atoms in total. The molecule has 2 N–H and O–H groups in total. The normalized spacial score (nSPS) is 15.2. The number of hydrogen-bond acceptors (Lipinski definition) is 4. The molecular formula is C10H20N4S. The van der Waals surface area contributed by atoms with Crippen LogP contribution in [0.1, 0.15) is 26.1 Å². The van der Waals surface area contributed by atoms with Crippen molar-refractivity contribution in [1.82, 2.24) is 20.5 Å². The fraction of sp³-hybridized carbons (Fsp3) is 0.800. The van der Waals surface area contributed by atoms with Crippen LogP contribution < -0.4 is 5.32 Å². The van der Waals surface area contributed by atoms with Gasteiger partial charge in [-0.15, -0.1) is 5.10 Å². The van der Waals surface area contributed by atoms with Crippen LogP contribution in [0.15, 0.2) is 5.16 Å². The van der Waals surface area contributed by atoms with Gasteiger partial charge in [-0.2, -0.15) is 0 Å². The fourth-order valence-corrected chi connectivity index (χ4v) is 2.50. The maximum atomic E-state index is 4.27. The number of H-pyrrole nitrogens is 1. The van der Waals surface area contributed by atoms with E-state index in [-0.39, 0.29) is 0 Å². The Bertz CT molecular complexity index is 287. The van der Waals surface area contributed by atoms with Gasteiger partial charge in [-0.1, -0.05) is 32.0 Å². The first kappa shape index (κ1) is 12.5. The lowest BCUT2D eigenvalue weighted by Gasteiger charge is -2.21. The summed E-state index contributed by atoms with van der Waals surface area (Å²) in [5.41, 5.74) is 0. The molecule has 0 aliphatic carbocycles. The molecule has 2 unspecified atom stereocenters. The highest BCUT2D eigenvalue weighted by Gasteiger charge is 2.14. The Morgan fingerprint density at radius 1 is 1.53 bits per heavy atom. The van der Waals surface area contributed by atoms with Gasteiger partial charge in [-0.3, -0.25) is 5.10 Å². The van der Waals surface area contributed by atoms with Crippen LogP contribution in [0.3, 0.4) is 0 Å². The fourth-order valence-electron chi connectivity index (χ4n) is 1.37. The monoisotopic (exact) mass is 228 g/mol. The predicted molar refractivity (Wildman–Crippen MR) is 64.1 cm³/mol. The van der Waals surface area contributed by atoms with Gasteiger partial charge in [-0.05, 0) is 19.9 Å². The van der Waals surface area contributed by atoms with Gasteiger partial charge in [0.2, 0.25) is 5.16 Å². The highest BCUT2D eigenvalue weighted by atomic mass is 32.2. The predicted octanol–water partition coefficient (Wildman–Crippen LogP) is 1.84. The van der Waals surface area contributed by atoms with Crippen molar-refractivity contribution >= 4 is 11.8 Å². The van der Waals surface area contributed by atoms with Crippen molar-refractivity contribution in [3.63, 3.8) is 0 Å². The molecule has 1 rings (SSSR count). The largest absolute Gasteiger partial charge is 0.316 e.